The summed E-state index contributed by atoms with van der Waals surface area (Å²) in [5, 5.41) is 3.16. The van der Waals surface area contributed by atoms with Crippen LogP contribution in [-0.4, -0.2) is 39.9 Å². The van der Waals surface area contributed by atoms with Crippen LogP contribution >= 0.6 is 0 Å². The van der Waals surface area contributed by atoms with E-state index in [0.717, 1.165) is 25.3 Å². The van der Waals surface area contributed by atoms with Gasteiger partial charge in [-0.2, -0.15) is 0 Å². The molecular weight excluding hydrogens is 252 g/mol. The number of rotatable bonds is 7. The fourth-order valence-corrected chi connectivity index (χ4v) is 2.04. The molecule has 1 N–H and O–H groups in total. The van der Waals surface area contributed by atoms with Crippen LogP contribution in [-0.2, 0) is 0 Å². The summed E-state index contributed by atoms with van der Waals surface area (Å²) in [6.07, 6.45) is 6.72. The van der Waals surface area contributed by atoms with Crippen LogP contribution in [0.15, 0.2) is 12.4 Å². The van der Waals surface area contributed by atoms with Crippen molar-refractivity contribution in [1.82, 2.24) is 14.9 Å². The normalized spacial score (nSPS) is 14.4. The first-order valence-electron chi connectivity index (χ1n) is 7.48. The molecule has 0 spiro atoms. The van der Waals surface area contributed by atoms with Crippen molar-refractivity contribution < 1.29 is 4.79 Å². The van der Waals surface area contributed by atoms with Gasteiger partial charge in [0.15, 0.2) is 0 Å². The number of amides is 1. The van der Waals surface area contributed by atoms with Crippen molar-refractivity contribution in [1.29, 1.82) is 0 Å². The lowest BCUT2D eigenvalue weighted by Crippen LogP contribution is -2.39. The van der Waals surface area contributed by atoms with E-state index in [1.165, 1.54) is 12.8 Å². The first-order valence-corrected chi connectivity index (χ1v) is 7.48. The first kappa shape index (κ1) is 14.8. The van der Waals surface area contributed by atoms with Crippen LogP contribution in [0.2, 0.25) is 0 Å². The van der Waals surface area contributed by atoms with E-state index in [0.29, 0.717) is 11.6 Å². The largest absolute Gasteiger partial charge is 0.369 e. The number of carbonyl (C=O) groups excluding carboxylic acids is 1. The van der Waals surface area contributed by atoms with Crippen molar-refractivity contribution in [3.8, 4) is 0 Å². The molecule has 1 saturated carbocycles. The van der Waals surface area contributed by atoms with E-state index in [-0.39, 0.29) is 11.9 Å². The van der Waals surface area contributed by atoms with E-state index in [9.17, 15) is 4.79 Å². The summed E-state index contributed by atoms with van der Waals surface area (Å²) in [7, 11) is 0. The van der Waals surface area contributed by atoms with Gasteiger partial charge in [0.1, 0.15) is 11.5 Å². The Morgan fingerprint density at radius 1 is 1.40 bits per heavy atom. The Morgan fingerprint density at radius 2 is 2.15 bits per heavy atom. The van der Waals surface area contributed by atoms with E-state index in [4.69, 9.17) is 0 Å². The topological polar surface area (TPSA) is 58.1 Å². The third-order valence-electron chi connectivity index (χ3n) is 3.46. The fourth-order valence-electron chi connectivity index (χ4n) is 2.04. The van der Waals surface area contributed by atoms with Crippen LogP contribution in [0, 0.1) is 5.92 Å². The highest BCUT2D eigenvalue weighted by atomic mass is 16.2. The number of hydrogen-bond acceptors (Lipinski definition) is 4. The van der Waals surface area contributed by atoms with Crippen molar-refractivity contribution >= 4 is 11.7 Å². The Balaban J connectivity index is 2.02. The van der Waals surface area contributed by atoms with E-state index in [1.807, 2.05) is 18.7 Å². The third kappa shape index (κ3) is 3.92. The van der Waals surface area contributed by atoms with Gasteiger partial charge < -0.3 is 10.2 Å². The molecule has 0 saturated heterocycles. The molecule has 1 fully saturated rings. The molecule has 2 rings (SSSR count). The van der Waals surface area contributed by atoms with Crippen molar-refractivity contribution in [2.24, 2.45) is 5.92 Å². The van der Waals surface area contributed by atoms with E-state index in [1.54, 1.807) is 12.4 Å². The van der Waals surface area contributed by atoms with Gasteiger partial charge in [-0.25, -0.2) is 9.97 Å². The summed E-state index contributed by atoms with van der Waals surface area (Å²) >= 11 is 0. The smallest absolute Gasteiger partial charge is 0.274 e. The minimum Gasteiger partial charge on any atom is -0.369 e. The van der Waals surface area contributed by atoms with E-state index >= 15 is 0 Å². The van der Waals surface area contributed by atoms with Crippen LogP contribution in [0.1, 0.15) is 50.5 Å². The van der Waals surface area contributed by atoms with Gasteiger partial charge in [0.05, 0.1) is 12.4 Å². The Kier molecular flexibility index (Phi) is 4.93. The Morgan fingerprint density at radius 3 is 2.65 bits per heavy atom. The third-order valence-corrected chi connectivity index (χ3v) is 3.46. The molecule has 20 heavy (non-hydrogen) atoms. The molecule has 1 aromatic heterocycles. The second kappa shape index (κ2) is 6.68. The van der Waals surface area contributed by atoms with Gasteiger partial charge in [-0.05, 0) is 39.0 Å². The molecule has 1 aromatic rings. The number of hydrogen-bond donors (Lipinski definition) is 1. The number of nitrogens with one attached hydrogen (secondary N) is 1. The molecule has 110 valence electrons. The summed E-state index contributed by atoms with van der Waals surface area (Å²) in [4.78, 5) is 22.9. The second-order valence-electron chi connectivity index (χ2n) is 5.71. The highest BCUT2D eigenvalue weighted by Crippen LogP contribution is 2.30. The zero-order valence-electron chi connectivity index (χ0n) is 12.6. The lowest BCUT2D eigenvalue weighted by Gasteiger charge is -2.26. The van der Waals surface area contributed by atoms with Crippen LogP contribution in [0.25, 0.3) is 0 Å². The summed E-state index contributed by atoms with van der Waals surface area (Å²) in [6, 6.07) is 0.197. The van der Waals surface area contributed by atoms with Crippen LogP contribution in [0.4, 0.5) is 5.82 Å². The summed E-state index contributed by atoms with van der Waals surface area (Å²) in [5.41, 5.74) is 0.432. The van der Waals surface area contributed by atoms with Crippen molar-refractivity contribution in [2.45, 2.75) is 46.1 Å². The molecule has 5 heteroatoms. The number of aromatic nitrogens is 2. The van der Waals surface area contributed by atoms with E-state index in [2.05, 4.69) is 22.2 Å². The monoisotopic (exact) mass is 276 g/mol. The maximum atomic E-state index is 12.5. The molecule has 0 bridgehead atoms. The Labute approximate surface area is 120 Å². The summed E-state index contributed by atoms with van der Waals surface area (Å²) < 4.78 is 0. The Hall–Kier alpha value is -1.65. The zero-order valence-corrected chi connectivity index (χ0v) is 12.6. The zero-order chi connectivity index (χ0) is 14.5. The molecular formula is C15H24N4O. The number of carbonyl (C=O) groups is 1. The summed E-state index contributed by atoms with van der Waals surface area (Å²) in [6.45, 7) is 7.89. The van der Waals surface area contributed by atoms with E-state index < -0.39 is 0 Å². The predicted molar refractivity (Wildman–Crippen MR) is 79.7 cm³/mol. The maximum Gasteiger partial charge on any atom is 0.274 e. The van der Waals surface area contributed by atoms with Crippen LogP contribution < -0.4 is 5.32 Å². The standard InChI is InChI=1S/C15H24N4O/c1-4-7-16-14-9-17-13(8-18-14)15(20)19(11(2)3)10-12-5-6-12/h8-9,11-12H,4-7,10H2,1-3H3,(H,16,18). The van der Waals surface area contributed by atoms with Crippen LogP contribution in [0.5, 0.6) is 0 Å². The molecule has 0 atom stereocenters. The van der Waals surface area contributed by atoms with Gasteiger partial charge in [0.2, 0.25) is 0 Å². The van der Waals surface area contributed by atoms with Crippen molar-refractivity contribution in [2.75, 3.05) is 18.4 Å². The molecule has 1 aliphatic rings. The van der Waals surface area contributed by atoms with Gasteiger partial charge in [-0.15, -0.1) is 0 Å². The minimum absolute atomic E-state index is 0.0126. The highest BCUT2D eigenvalue weighted by Gasteiger charge is 2.29. The highest BCUT2D eigenvalue weighted by molar-refractivity contribution is 5.92. The molecule has 0 unspecified atom stereocenters. The van der Waals surface area contributed by atoms with Crippen molar-refractivity contribution in [3.63, 3.8) is 0 Å². The quantitative estimate of drug-likeness (QED) is 0.831. The molecule has 0 aromatic carbocycles. The van der Waals surface area contributed by atoms with Gasteiger partial charge >= 0.3 is 0 Å². The lowest BCUT2D eigenvalue weighted by atomic mass is 10.2. The SMILES string of the molecule is CCCNc1cnc(C(=O)N(CC2CC2)C(C)C)cn1. The number of nitrogens with zero attached hydrogens (tertiary/aromatic N) is 3. The predicted octanol–water partition coefficient (Wildman–Crippen LogP) is 2.56. The average Bonchev–Trinajstić information content (AvgIpc) is 3.26. The second-order valence-corrected chi connectivity index (χ2v) is 5.71. The molecule has 1 aliphatic carbocycles. The molecule has 0 radical (unpaired) electrons. The maximum absolute atomic E-state index is 12.5. The van der Waals surface area contributed by atoms with Gasteiger partial charge in [0.25, 0.3) is 5.91 Å². The molecule has 1 amide bonds. The lowest BCUT2D eigenvalue weighted by molar-refractivity contribution is 0.0689. The minimum atomic E-state index is -0.0126. The van der Waals surface area contributed by atoms with Gasteiger partial charge in [-0.3, -0.25) is 4.79 Å². The summed E-state index contributed by atoms with van der Waals surface area (Å²) in [5.74, 6) is 1.39. The fraction of sp³-hybridized carbons (Fsp3) is 0.667. The van der Waals surface area contributed by atoms with Gasteiger partial charge in [-0.1, -0.05) is 6.92 Å². The molecule has 0 aliphatic heterocycles. The van der Waals surface area contributed by atoms with Crippen molar-refractivity contribution in [3.05, 3.63) is 18.1 Å². The average molecular weight is 276 g/mol. The first-order chi connectivity index (χ1) is 9.61. The van der Waals surface area contributed by atoms with Gasteiger partial charge in [0, 0.05) is 19.1 Å². The van der Waals surface area contributed by atoms with Crippen LogP contribution in [0.3, 0.4) is 0 Å². The molecule has 5 nitrogen and oxygen atoms in total. The molecule has 1 heterocycles. The Bertz CT molecular complexity index is 440. The number of anilines is 1.